The van der Waals surface area contributed by atoms with E-state index in [1.165, 1.54) is 4.31 Å². The van der Waals surface area contributed by atoms with Crippen molar-refractivity contribution in [3.63, 3.8) is 0 Å². The molecule has 2 rings (SSSR count). The summed E-state index contributed by atoms with van der Waals surface area (Å²) in [7, 11) is -3.62. The lowest BCUT2D eigenvalue weighted by Crippen LogP contribution is -2.37. The molecule has 0 aliphatic heterocycles. The van der Waals surface area contributed by atoms with Crippen molar-refractivity contribution >= 4 is 10.0 Å². The number of sulfonamides is 1. The standard InChI is InChI=1S/C14H20N4O2S/c1-10(2)18(9-13-7-5-6-8-15-13)21(19,20)14-11(3)16-17-12(14)4/h5-8,10H,9H2,1-4H3,(H,16,17). The highest BCUT2D eigenvalue weighted by molar-refractivity contribution is 7.89. The first-order valence-corrected chi connectivity index (χ1v) is 8.21. The summed E-state index contributed by atoms with van der Waals surface area (Å²) in [5, 5.41) is 6.71. The molecule has 2 heterocycles. The molecule has 0 aliphatic carbocycles. The summed E-state index contributed by atoms with van der Waals surface area (Å²) in [6.45, 7) is 7.35. The van der Waals surface area contributed by atoms with Gasteiger partial charge in [-0.25, -0.2) is 8.42 Å². The number of aryl methyl sites for hydroxylation is 2. The van der Waals surface area contributed by atoms with Crippen LogP contribution in [0.2, 0.25) is 0 Å². The average Bonchev–Trinajstić information content (AvgIpc) is 2.76. The molecule has 0 atom stereocenters. The number of hydrogen-bond acceptors (Lipinski definition) is 4. The third-order valence-corrected chi connectivity index (χ3v) is 5.53. The summed E-state index contributed by atoms with van der Waals surface area (Å²) in [4.78, 5) is 4.47. The van der Waals surface area contributed by atoms with Crippen LogP contribution in [0.15, 0.2) is 29.3 Å². The number of aromatic nitrogens is 3. The fourth-order valence-corrected chi connectivity index (χ4v) is 4.18. The van der Waals surface area contributed by atoms with Crippen molar-refractivity contribution in [2.75, 3.05) is 0 Å². The van der Waals surface area contributed by atoms with Gasteiger partial charge < -0.3 is 0 Å². The number of aromatic amines is 1. The van der Waals surface area contributed by atoms with Crippen molar-refractivity contribution in [1.29, 1.82) is 0 Å². The van der Waals surface area contributed by atoms with Crippen molar-refractivity contribution in [1.82, 2.24) is 19.5 Å². The summed E-state index contributed by atoms with van der Waals surface area (Å²) >= 11 is 0. The Morgan fingerprint density at radius 1 is 1.29 bits per heavy atom. The second-order valence-electron chi connectivity index (χ2n) is 5.23. The van der Waals surface area contributed by atoms with Crippen LogP contribution < -0.4 is 0 Å². The Kier molecular flexibility index (Phi) is 4.43. The molecule has 21 heavy (non-hydrogen) atoms. The van der Waals surface area contributed by atoms with Gasteiger partial charge in [0.15, 0.2) is 0 Å². The fourth-order valence-electron chi connectivity index (χ4n) is 2.23. The number of nitrogens with one attached hydrogen (secondary N) is 1. The minimum Gasteiger partial charge on any atom is -0.281 e. The van der Waals surface area contributed by atoms with Crippen molar-refractivity contribution in [2.45, 2.75) is 45.2 Å². The van der Waals surface area contributed by atoms with E-state index in [4.69, 9.17) is 0 Å². The van der Waals surface area contributed by atoms with Gasteiger partial charge in [-0.15, -0.1) is 0 Å². The predicted molar refractivity (Wildman–Crippen MR) is 80.2 cm³/mol. The molecule has 1 N–H and O–H groups in total. The molecule has 0 aliphatic rings. The van der Waals surface area contributed by atoms with Crippen LogP contribution in [-0.2, 0) is 16.6 Å². The van der Waals surface area contributed by atoms with E-state index in [1.807, 2.05) is 32.0 Å². The molecule has 0 bridgehead atoms. The van der Waals surface area contributed by atoms with Gasteiger partial charge in [-0.1, -0.05) is 6.07 Å². The van der Waals surface area contributed by atoms with Crippen LogP contribution in [0.25, 0.3) is 0 Å². The summed E-state index contributed by atoms with van der Waals surface area (Å²) in [6.07, 6.45) is 1.66. The average molecular weight is 308 g/mol. The number of H-pyrrole nitrogens is 1. The van der Waals surface area contributed by atoms with Gasteiger partial charge in [-0.05, 0) is 39.8 Å². The van der Waals surface area contributed by atoms with Gasteiger partial charge >= 0.3 is 0 Å². The van der Waals surface area contributed by atoms with Gasteiger partial charge in [0.25, 0.3) is 0 Å². The Bertz CT molecular complexity index is 688. The summed E-state index contributed by atoms with van der Waals surface area (Å²) < 4.78 is 27.3. The van der Waals surface area contributed by atoms with Gasteiger partial charge in [0.2, 0.25) is 10.0 Å². The molecule has 114 valence electrons. The monoisotopic (exact) mass is 308 g/mol. The van der Waals surface area contributed by atoms with E-state index in [0.29, 0.717) is 17.1 Å². The molecule has 0 unspecified atom stereocenters. The SMILES string of the molecule is Cc1n[nH]c(C)c1S(=O)(=O)N(Cc1ccccn1)C(C)C. The number of pyridine rings is 1. The number of hydrogen-bond donors (Lipinski definition) is 1. The van der Waals surface area contributed by atoms with E-state index >= 15 is 0 Å². The zero-order valence-electron chi connectivity index (χ0n) is 12.7. The summed E-state index contributed by atoms with van der Waals surface area (Å²) in [5.41, 5.74) is 1.76. The molecular formula is C14H20N4O2S. The zero-order valence-corrected chi connectivity index (χ0v) is 13.5. The predicted octanol–water partition coefficient (Wildman–Crippen LogP) is 2.02. The first kappa shape index (κ1) is 15.7. The third-order valence-electron chi connectivity index (χ3n) is 3.25. The highest BCUT2D eigenvalue weighted by Crippen LogP contribution is 2.24. The largest absolute Gasteiger partial charge is 0.281 e. The summed E-state index contributed by atoms with van der Waals surface area (Å²) in [6, 6.07) is 5.30. The first-order chi connectivity index (χ1) is 9.84. The quantitative estimate of drug-likeness (QED) is 0.916. The van der Waals surface area contributed by atoms with Gasteiger partial charge in [-0.3, -0.25) is 10.1 Å². The fraction of sp³-hybridized carbons (Fsp3) is 0.429. The van der Waals surface area contributed by atoms with E-state index in [9.17, 15) is 8.42 Å². The molecule has 0 saturated heterocycles. The molecular weight excluding hydrogens is 288 g/mol. The lowest BCUT2D eigenvalue weighted by Gasteiger charge is -2.25. The maximum atomic E-state index is 12.9. The molecule has 6 nitrogen and oxygen atoms in total. The molecule has 2 aromatic rings. The molecule has 0 amide bonds. The van der Waals surface area contributed by atoms with Crippen molar-refractivity contribution in [3.8, 4) is 0 Å². The molecule has 0 aromatic carbocycles. The Morgan fingerprint density at radius 3 is 2.48 bits per heavy atom. The van der Waals surface area contributed by atoms with Gasteiger partial charge in [0, 0.05) is 12.2 Å². The van der Waals surface area contributed by atoms with E-state index < -0.39 is 10.0 Å². The van der Waals surface area contributed by atoms with Crippen LogP contribution in [0.1, 0.15) is 30.9 Å². The second kappa shape index (κ2) is 5.95. The van der Waals surface area contributed by atoms with Crippen LogP contribution >= 0.6 is 0 Å². The van der Waals surface area contributed by atoms with Crippen LogP contribution in [0.5, 0.6) is 0 Å². The van der Waals surface area contributed by atoms with E-state index in [0.717, 1.165) is 0 Å². The Hall–Kier alpha value is -1.73. The maximum absolute atomic E-state index is 12.9. The van der Waals surface area contributed by atoms with E-state index in [2.05, 4.69) is 15.2 Å². The van der Waals surface area contributed by atoms with Crippen LogP contribution in [-0.4, -0.2) is 33.9 Å². The van der Waals surface area contributed by atoms with Crippen LogP contribution in [0.4, 0.5) is 0 Å². The highest BCUT2D eigenvalue weighted by Gasteiger charge is 2.31. The highest BCUT2D eigenvalue weighted by atomic mass is 32.2. The Morgan fingerprint density at radius 2 is 2.00 bits per heavy atom. The van der Waals surface area contributed by atoms with Gasteiger partial charge in [0.1, 0.15) is 4.90 Å². The zero-order chi connectivity index (χ0) is 15.6. The molecule has 0 saturated carbocycles. The smallest absolute Gasteiger partial charge is 0.247 e. The number of nitrogens with zero attached hydrogens (tertiary/aromatic N) is 3. The van der Waals surface area contributed by atoms with Gasteiger partial charge in [-0.2, -0.15) is 9.40 Å². The third kappa shape index (κ3) is 3.14. The van der Waals surface area contributed by atoms with Crippen molar-refractivity contribution in [3.05, 3.63) is 41.5 Å². The van der Waals surface area contributed by atoms with Crippen molar-refractivity contribution in [2.24, 2.45) is 0 Å². The first-order valence-electron chi connectivity index (χ1n) is 6.77. The topological polar surface area (TPSA) is 79.0 Å². The Labute approximate surface area is 125 Å². The normalized spacial score (nSPS) is 12.3. The second-order valence-corrected chi connectivity index (χ2v) is 7.06. The molecule has 0 spiro atoms. The number of rotatable bonds is 5. The molecule has 0 fully saturated rings. The van der Waals surface area contributed by atoms with Gasteiger partial charge in [0.05, 0.1) is 23.6 Å². The molecule has 2 aromatic heterocycles. The Balaban J connectivity index is 2.43. The minimum atomic E-state index is -3.62. The van der Waals surface area contributed by atoms with Crippen LogP contribution in [0, 0.1) is 13.8 Å². The van der Waals surface area contributed by atoms with E-state index in [1.54, 1.807) is 20.0 Å². The lowest BCUT2D eigenvalue weighted by molar-refractivity contribution is 0.344. The van der Waals surface area contributed by atoms with Crippen molar-refractivity contribution < 1.29 is 8.42 Å². The maximum Gasteiger partial charge on any atom is 0.247 e. The summed E-state index contributed by atoms with van der Waals surface area (Å²) in [5.74, 6) is 0. The van der Waals surface area contributed by atoms with Crippen LogP contribution in [0.3, 0.4) is 0 Å². The molecule has 7 heteroatoms. The minimum absolute atomic E-state index is 0.175. The lowest BCUT2D eigenvalue weighted by atomic mass is 10.3. The van der Waals surface area contributed by atoms with E-state index in [-0.39, 0.29) is 17.5 Å². The molecule has 0 radical (unpaired) electrons.